The number of ether oxygens (including phenoxy) is 1. The molecule has 2 aromatic heterocycles. The normalized spacial score (nSPS) is 19.3. The van der Waals surface area contributed by atoms with E-state index in [2.05, 4.69) is 82.2 Å². The quantitative estimate of drug-likeness (QED) is 0.645. The first-order valence-electron chi connectivity index (χ1n) is 9.88. The second-order valence-electron chi connectivity index (χ2n) is 7.18. The summed E-state index contributed by atoms with van der Waals surface area (Å²) in [5.74, 6) is 0.847. The number of pyridine rings is 1. The van der Waals surface area contributed by atoms with E-state index < -0.39 is 0 Å². The molecule has 1 aliphatic rings. The Morgan fingerprint density at radius 2 is 1.79 bits per heavy atom. The van der Waals surface area contributed by atoms with Crippen molar-refractivity contribution >= 4 is 12.2 Å². The fourth-order valence-corrected chi connectivity index (χ4v) is 3.26. The number of nitrogens with one attached hydrogen (secondary N) is 2. The summed E-state index contributed by atoms with van der Waals surface area (Å²) in [6.45, 7) is 0.478. The minimum atomic E-state index is 0.304. The van der Waals surface area contributed by atoms with E-state index in [9.17, 15) is 0 Å². The van der Waals surface area contributed by atoms with Gasteiger partial charge in [0.25, 0.3) is 0 Å². The van der Waals surface area contributed by atoms with Gasteiger partial charge < -0.3 is 9.30 Å². The lowest BCUT2D eigenvalue weighted by atomic mass is 10.1. The van der Waals surface area contributed by atoms with Gasteiger partial charge in [-0.2, -0.15) is 0 Å². The average molecular weight is 386 g/mol. The molecule has 3 aromatic rings. The predicted molar refractivity (Wildman–Crippen MR) is 117 cm³/mol. The van der Waals surface area contributed by atoms with Crippen LogP contribution in [-0.2, 0) is 13.7 Å². The zero-order valence-corrected chi connectivity index (χ0v) is 16.5. The lowest BCUT2D eigenvalue weighted by Crippen LogP contribution is -2.31. The summed E-state index contributed by atoms with van der Waals surface area (Å²) < 4.78 is 7.90. The Kier molecular flexibility index (Phi) is 6.19. The third-order valence-corrected chi connectivity index (χ3v) is 4.96. The fourth-order valence-electron chi connectivity index (χ4n) is 3.26. The van der Waals surface area contributed by atoms with Crippen LogP contribution in [0.2, 0.25) is 0 Å². The Hall–Kier alpha value is -3.15. The van der Waals surface area contributed by atoms with Crippen LogP contribution in [0.5, 0.6) is 5.75 Å². The molecule has 2 N–H and O–H groups in total. The number of aryl methyl sites for hydroxylation is 1. The van der Waals surface area contributed by atoms with Crippen LogP contribution in [0.3, 0.4) is 0 Å². The summed E-state index contributed by atoms with van der Waals surface area (Å²) in [6, 6.07) is 18.7. The van der Waals surface area contributed by atoms with Gasteiger partial charge in [0.15, 0.2) is 0 Å². The van der Waals surface area contributed by atoms with Crippen molar-refractivity contribution in [2.24, 2.45) is 7.05 Å². The van der Waals surface area contributed by atoms with Crippen LogP contribution in [0, 0.1) is 0 Å². The van der Waals surface area contributed by atoms with E-state index in [0.29, 0.717) is 18.7 Å². The first-order valence-corrected chi connectivity index (χ1v) is 9.88. The van der Waals surface area contributed by atoms with Gasteiger partial charge in [0.2, 0.25) is 0 Å². The molecule has 0 radical (unpaired) electrons. The van der Waals surface area contributed by atoms with Crippen molar-refractivity contribution in [2.75, 3.05) is 0 Å². The minimum absolute atomic E-state index is 0.304. The molecular formula is C24H26N4O. The van der Waals surface area contributed by atoms with Crippen LogP contribution in [-0.4, -0.2) is 21.6 Å². The molecule has 1 fully saturated rings. The summed E-state index contributed by atoms with van der Waals surface area (Å²) in [5, 5.41) is 0. The topological polar surface area (TPSA) is 51.1 Å². The standard InChI is InChI=1S/C24H26N4O/c1-28-16-4-6-23(28)12-11-21-17-20(26-27-21)10-7-19-8-13-24(14-9-19)29-18-22-5-2-3-15-25-22/h2-16,20-21,26-27H,17-18H2,1H3/b10-7+,12-11+. The van der Waals surface area contributed by atoms with Crippen molar-refractivity contribution in [3.05, 3.63) is 96.1 Å². The Balaban J connectivity index is 1.26. The first-order chi connectivity index (χ1) is 14.3. The molecular weight excluding hydrogens is 360 g/mol. The molecule has 0 bridgehead atoms. The van der Waals surface area contributed by atoms with E-state index in [1.165, 1.54) is 5.69 Å². The molecule has 2 unspecified atom stereocenters. The molecule has 0 aliphatic carbocycles. The third kappa shape index (κ3) is 5.44. The number of hydrogen-bond donors (Lipinski definition) is 2. The van der Waals surface area contributed by atoms with Gasteiger partial charge in [-0.3, -0.25) is 15.8 Å². The highest BCUT2D eigenvalue weighted by atomic mass is 16.5. The Labute approximate surface area is 171 Å². The Morgan fingerprint density at radius 3 is 2.48 bits per heavy atom. The Morgan fingerprint density at radius 1 is 1.00 bits per heavy atom. The van der Waals surface area contributed by atoms with E-state index in [1.54, 1.807) is 6.20 Å². The molecule has 2 atom stereocenters. The number of hydrogen-bond acceptors (Lipinski definition) is 4. The van der Waals surface area contributed by atoms with E-state index in [-0.39, 0.29) is 0 Å². The van der Waals surface area contributed by atoms with Crippen molar-refractivity contribution < 1.29 is 4.74 Å². The molecule has 4 rings (SSSR count). The van der Waals surface area contributed by atoms with Gasteiger partial charge in [-0.1, -0.05) is 36.4 Å². The van der Waals surface area contributed by atoms with Crippen LogP contribution in [0.15, 0.2) is 79.1 Å². The van der Waals surface area contributed by atoms with Crippen molar-refractivity contribution in [3.63, 3.8) is 0 Å². The Bertz CT molecular complexity index is 960. The number of aromatic nitrogens is 2. The van der Waals surface area contributed by atoms with Crippen LogP contribution < -0.4 is 15.6 Å². The highest BCUT2D eigenvalue weighted by Crippen LogP contribution is 2.16. The number of rotatable bonds is 7. The van der Waals surface area contributed by atoms with Crippen LogP contribution in [0.4, 0.5) is 0 Å². The van der Waals surface area contributed by atoms with E-state index in [0.717, 1.165) is 23.4 Å². The summed E-state index contributed by atoms with van der Waals surface area (Å²) in [7, 11) is 2.06. The van der Waals surface area contributed by atoms with Crippen LogP contribution in [0.1, 0.15) is 23.4 Å². The minimum Gasteiger partial charge on any atom is -0.487 e. The molecule has 3 heterocycles. The van der Waals surface area contributed by atoms with Gasteiger partial charge in [0, 0.05) is 37.2 Å². The van der Waals surface area contributed by atoms with Gasteiger partial charge >= 0.3 is 0 Å². The second-order valence-corrected chi connectivity index (χ2v) is 7.18. The van der Waals surface area contributed by atoms with Gasteiger partial charge in [-0.05, 0) is 54.5 Å². The highest BCUT2D eigenvalue weighted by Gasteiger charge is 2.19. The predicted octanol–water partition coefficient (Wildman–Crippen LogP) is 3.96. The molecule has 1 aromatic carbocycles. The molecule has 1 aliphatic heterocycles. The zero-order chi connectivity index (χ0) is 19.9. The van der Waals surface area contributed by atoms with Crippen LogP contribution in [0.25, 0.3) is 12.2 Å². The molecule has 1 saturated heterocycles. The molecule has 5 nitrogen and oxygen atoms in total. The van der Waals surface area contributed by atoms with Crippen molar-refractivity contribution in [1.82, 2.24) is 20.4 Å². The third-order valence-electron chi connectivity index (χ3n) is 4.96. The number of benzene rings is 1. The highest BCUT2D eigenvalue weighted by molar-refractivity contribution is 5.51. The fraction of sp³-hybridized carbons (Fsp3) is 0.208. The first kappa shape index (κ1) is 19.2. The maximum absolute atomic E-state index is 5.79. The number of hydrazine groups is 1. The molecule has 0 saturated carbocycles. The molecule has 5 heteroatoms. The zero-order valence-electron chi connectivity index (χ0n) is 16.5. The summed E-state index contributed by atoms with van der Waals surface area (Å²) in [4.78, 5) is 4.27. The van der Waals surface area contributed by atoms with Gasteiger partial charge in [-0.15, -0.1) is 0 Å². The molecule has 0 spiro atoms. The smallest absolute Gasteiger partial charge is 0.130 e. The van der Waals surface area contributed by atoms with Crippen molar-refractivity contribution in [1.29, 1.82) is 0 Å². The van der Waals surface area contributed by atoms with Crippen molar-refractivity contribution in [2.45, 2.75) is 25.1 Å². The van der Waals surface area contributed by atoms with E-state index >= 15 is 0 Å². The summed E-state index contributed by atoms with van der Waals surface area (Å²) >= 11 is 0. The summed E-state index contributed by atoms with van der Waals surface area (Å²) in [6.07, 6.45) is 13.6. The summed E-state index contributed by atoms with van der Waals surface area (Å²) in [5.41, 5.74) is 9.97. The monoisotopic (exact) mass is 386 g/mol. The molecule has 29 heavy (non-hydrogen) atoms. The van der Waals surface area contributed by atoms with Crippen molar-refractivity contribution in [3.8, 4) is 5.75 Å². The number of nitrogens with zero attached hydrogens (tertiary/aromatic N) is 2. The SMILES string of the molecule is Cn1cccc1/C=C/C1CC(/C=C/c2ccc(OCc3ccccn3)cc2)NN1. The average Bonchev–Trinajstić information content (AvgIpc) is 3.39. The van der Waals surface area contributed by atoms with E-state index in [4.69, 9.17) is 4.74 Å². The van der Waals surface area contributed by atoms with E-state index in [1.807, 2.05) is 30.3 Å². The van der Waals surface area contributed by atoms with Crippen LogP contribution >= 0.6 is 0 Å². The maximum Gasteiger partial charge on any atom is 0.130 e. The lowest BCUT2D eigenvalue weighted by Gasteiger charge is -2.06. The van der Waals surface area contributed by atoms with Gasteiger partial charge in [0.05, 0.1) is 5.69 Å². The van der Waals surface area contributed by atoms with Gasteiger partial charge in [-0.25, -0.2) is 0 Å². The molecule has 148 valence electrons. The lowest BCUT2D eigenvalue weighted by molar-refractivity contribution is 0.301. The largest absolute Gasteiger partial charge is 0.487 e. The second kappa shape index (κ2) is 9.37. The molecule has 0 amide bonds. The van der Waals surface area contributed by atoms with Gasteiger partial charge in [0.1, 0.15) is 12.4 Å². The maximum atomic E-state index is 5.79.